The predicted molar refractivity (Wildman–Crippen MR) is 101 cm³/mol. The standard InChI is InChI=1S/C18H29N3O3S/c1-4-20(5-2)14-15-9-8-10-16(13-15)19-18(22)17-11-6-7-12-21(17)25(3,23)24/h8-10,13,17H,4-7,11-12,14H2,1-3H3,(H,19,22)/t17-/m0/s1. The van der Waals surface area contributed by atoms with Crippen molar-refractivity contribution in [1.82, 2.24) is 9.21 Å². The van der Waals surface area contributed by atoms with E-state index >= 15 is 0 Å². The van der Waals surface area contributed by atoms with Crippen LogP contribution >= 0.6 is 0 Å². The van der Waals surface area contributed by atoms with E-state index in [9.17, 15) is 13.2 Å². The van der Waals surface area contributed by atoms with Crippen molar-refractivity contribution in [3.63, 3.8) is 0 Å². The Morgan fingerprint density at radius 1 is 1.28 bits per heavy atom. The number of piperidine rings is 1. The maximum atomic E-state index is 12.6. The number of nitrogens with zero attached hydrogens (tertiary/aromatic N) is 2. The number of rotatable bonds is 7. The number of benzene rings is 1. The van der Waals surface area contributed by atoms with Crippen LogP contribution in [0.5, 0.6) is 0 Å². The van der Waals surface area contributed by atoms with Crippen molar-refractivity contribution in [1.29, 1.82) is 0 Å². The summed E-state index contributed by atoms with van der Waals surface area (Å²) in [6, 6.07) is 7.15. The second kappa shape index (κ2) is 8.78. The van der Waals surface area contributed by atoms with E-state index in [1.807, 2.05) is 24.3 Å². The lowest BCUT2D eigenvalue weighted by Gasteiger charge is -2.32. The van der Waals surface area contributed by atoms with Crippen LogP contribution in [0.3, 0.4) is 0 Å². The van der Waals surface area contributed by atoms with E-state index < -0.39 is 16.1 Å². The Hall–Kier alpha value is -1.44. The molecule has 140 valence electrons. The summed E-state index contributed by atoms with van der Waals surface area (Å²) in [5.41, 5.74) is 1.85. The zero-order chi connectivity index (χ0) is 18.4. The average molecular weight is 368 g/mol. The lowest BCUT2D eigenvalue weighted by Crippen LogP contribution is -2.49. The summed E-state index contributed by atoms with van der Waals surface area (Å²) in [5, 5.41) is 2.90. The first kappa shape index (κ1) is 19.9. The molecule has 25 heavy (non-hydrogen) atoms. The molecule has 1 aromatic carbocycles. The number of carbonyl (C=O) groups excluding carboxylic acids is 1. The third-order valence-corrected chi connectivity index (χ3v) is 5.97. The van der Waals surface area contributed by atoms with Crippen molar-refractivity contribution in [2.24, 2.45) is 0 Å². The van der Waals surface area contributed by atoms with Crippen molar-refractivity contribution >= 4 is 21.6 Å². The van der Waals surface area contributed by atoms with Gasteiger partial charge in [0.2, 0.25) is 15.9 Å². The molecule has 6 nitrogen and oxygen atoms in total. The monoisotopic (exact) mass is 367 g/mol. The van der Waals surface area contributed by atoms with Crippen LogP contribution in [0.1, 0.15) is 38.7 Å². The number of carbonyl (C=O) groups is 1. The third kappa shape index (κ3) is 5.52. The summed E-state index contributed by atoms with van der Waals surface area (Å²) in [6.45, 7) is 7.43. The number of hydrogen-bond donors (Lipinski definition) is 1. The molecule has 1 aliphatic heterocycles. The molecule has 1 aliphatic rings. The van der Waals surface area contributed by atoms with Crippen LogP contribution in [-0.4, -0.2) is 55.5 Å². The fourth-order valence-corrected chi connectivity index (χ4v) is 4.37. The third-order valence-electron chi connectivity index (χ3n) is 4.68. The zero-order valence-electron chi connectivity index (χ0n) is 15.4. The minimum atomic E-state index is -3.38. The van der Waals surface area contributed by atoms with Crippen molar-refractivity contribution in [3.05, 3.63) is 29.8 Å². The number of nitrogens with one attached hydrogen (secondary N) is 1. The maximum Gasteiger partial charge on any atom is 0.242 e. The van der Waals surface area contributed by atoms with Crippen LogP contribution < -0.4 is 5.32 Å². The molecular weight excluding hydrogens is 338 g/mol. The molecule has 0 unspecified atom stereocenters. The molecule has 0 aromatic heterocycles. The molecule has 1 saturated heterocycles. The number of anilines is 1. The van der Waals surface area contributed by atoms with Gasteiger partial charge in [0.1, 0.15) is 6.04 Å². The van der Waals surface area contributed by atoms with E-state index in [4.69, 9.17) is 0 Å². The Kier molecular flexibility index (Phi) is 6.98. The first-order valence-electron chi connectivity index (χ1n) is 8.94. The van der Waals surface area contributed by atoms with Crippen molar-refractivity contribution in [2.45, 2.75) is 45.7 Å². The summed E-state index contributed by atoms with van der Waals surface area (Å²) < 4.78 is 25.2. The highest BCUT2D eigenvalue weighted by Crippen LogP contribution is 2.22. The van der Waals surface area contributed by atoms with Crippen LogP contribution in [0.4, 0.5) is 5.69 Å². The van der Waals surface area contributed by atoms with Gasteiger partial charge in [-0.2, -0.15) is 4.31 Å². The smallest absolute Gasteiger partial charge is 0.242 e. The van der Waals surface area contributed by atoms with E-state index in [1.54, 1.807) is 0 Å². The Labute approximate surface area is 151 Å². The second-order valence-electron chi connectivity index (χ2n) is 6.54. The molecule has 1 fully saturated rings. The van der Waals surface area contributed by atoms with Gasteiger partial charge in [0.05, 0.1) is 6.26 Å². The van der Waals surface area contributed by atoms with Gasteiger partial charge < -0.3 is 5.32 Å². The molecule has 0 bridgehead atoms. The quantitative estimate of drug-likeness (QED) is 0.803. The summed E-state index contributed by atoms with van der Waals surface area (Å²) >= 11 is 0. The molecule has 2 rings (SSSR count). The SMILES string of the molecule is CCN(CC)Cc1cccc(NC(=O)[C@@H]2CCCCN2S(C)(=O)=O)c1. The van der Waals surface area contributed by atoms with Gasteiger partial charge in [-0.25, -0.2) is 8.42 Å². The van der Waals surface area contributed by atoms with Crippen LogP contribution in [0.15, 0.2) is 24.3 Å². The van der Waals surface area contributed by atoms with Crippen molar-refractivity contribution in [3.8, 4) is 0 Å². The molecular formula is C18H29N3O3S. The maximum absolute atomic E-state index is 12.6. The second-order valence-corrected chi connectivity index (χ2v) is 8.47. The molecule has 0 spiro atoms. The Balaban J connectivity index is 2.09. The highest BCUT2D eigenvalue weighted by molar-refractivity contribution is 7.88. The van der Waals surface area contributed by atoms with E-state index in [2.05, 4.69) is 24.1 Å². The topological polar surface area (TPSA) is 69.7 Å². The van der Waals surface area contributed by atoms with Crippen LogP contribution in [0.25, 0.3) is 0 Å². The molecule has 0 radical (unpaired) electrons. The fraction of sp³-hybridized carbons (Fsp3) is 0.611. The molecule has 1 aromatic rings. The van der Waals surface area contributed by atoms with Crippen molar-refractivity contribution < 1.29 is 13.2 Å². The molecule has 1 heterocycles. The van der Waals surface area contributed by atoms with Gasteiger partial charge in [0, 0.05) is 18.8 Å². The molecule has 1 atom stereocenters. The molecule has 1 N–H and O–H groups in total. The highest BCUT2D eigenvalue weighted by Gasteiger charge is 2.34. The molecule has 1 amide bonds. The van der Waals surface area contributed by atoms with E-state index in [1.165, 1.54) is 10.6 Å². The lowest BCUT2D eigenvalue weighted by atomic mass is 10.0. The van der Waals surface area contributed by atoms with Crippen molar-refractivity contribution in [2.75, 3.05) is 31.2 Å². The van der Waals surface area contributed by atoms with E-state index in [-0.39, 0.29) is 5.91 Å². The van der Waals surface area contributed by atoms with Crippen LogP contribution in [-0.2, 0) is 21.4 Å². The first-order valence-corrected chi connectivity index (χ1v) is 10.8. The zero-order valence-corrected chi connectivity index (χ0v) is 16.2. The highest BCUT2D eigenvalue weighted by atomic mass is 32.2. The van der Waals surface area contributed by atoms with Crippen LogP contribution in [0, 0.1) is 0 Å². The van der Waals surface area contributed by atoms with Gasteiger partial charge in [0.15, 0.2) is 0 Å². The Bertz CT molecular complexity index is 687. The Morgan fingerprint density at radius 3 is 2.64 bits per heavy atom. The summed E-state index contributed by atoms with van der Waals surface area (Å²) in [6.07, 6.45) is 3.41. The summed E-state index contributed by atoms with van der Waals surface area (Å²) in [5.74, 6) is -0.245. The number of hydrogen-bond acceptors (Lipinski definition) is 4. The fourth-order valence-electron chi connectivity index (χ4n) is 3.24. The number of sulfonamides is 1. The molecule has 0 aliphatic carbocycles. The van der Waals surface area contributed by atoms with Gasteiger partial charge in [-0.15, -0.1) is 0 Å². The van der Waals surface area contributed by atoms with Gasteiger partial charge in [-0.1, -0.05) is 32.4 Å². The molecule has 0 saturated carbocycles. The normalized spacial score (nSPS) is 19.1. The minimum absolute atomic E-state index is 0.245. The average Bonchev–Trinajstić information content (AvgIpc) is 2.59. The summed E-state index contributed by atoms with van der Waals surface area (Å²) in [4.78, 5) is 14.9. The van der Waals surface area contributed by atoms with E-state index in [0.29, 0.717) is 18.7 Å². The molecule has 7 heteroatoms. The van der Waals surface area contributed by atoms with Gasteiger partial charge in [0.25, 0.3) is 0 Å². The van der Waals surface area contributed by atoms with E-state index in [0.717, 1.165) is 38.0 Å². The largest absolute Gasteiger partial charge is 0.325 e. The summed E-state index contributed by atoms with van der Waals surface area (Å²) in [7, 11) is -3.38. The predicted octanol–water partition coefficient (Wildman–Crippen LogP) is 2.28. The Morgan fingerprint density at radius 2 is 2.00 bits per heavy atom. The lowest BCUT2D eigenvalue weighted by molar-refractivity contribution is -0.120. The first-order chi connectivity index (χ1) is 11.8. The van der Waals surface area contributed by atoms with Gasteiger partial charge in [-0.05, 0) is 43.6 Å². The minimum Gasteiger partial charge on any atom is -0.325 e. The van der Waals surface area contributed by atoms with Gasteiger partial charge >= 0.3 is 0 Å². The van der Waals surface area contributed by atoms with Gasteiger partial charge in [-0.3, -0.25) is 9.69 Å². The number of amides is 1. The van der Waals surface area contributed by atoms with Crippen LogP contribution in [0.2, 0.25) is 0 Å².